The number of halogens is 1. The van der Waals surface area contributed by atoms with Gasteiger partial charge in [-0.05, 0) is 78.6 Å². The van der Waals surface area contributed by atoms with Crippen LogP contribution in [0.2, 0.25) is 0 Å². The number of allylic oxidation sites excluding steroid dienone is 1. The van der Waals surface area contributed by atoms with Gasteiger partial charge in [0.1, 0.15) is 5.82 Å². The third-order valence-corrected chi connectivity index (χ3v) is 7.15. The van der Waals surface area contributed by atoms with Gasteiger partial charge in [0, 0.05) is 11.5 Å². The van der Waals surface area contributed by atoms with Crippen molar-refractivity contribution in [2.45, 2.75) is 37.1 Å². The molecule has 1 spiro atoms. The van der Waals surface area contributed by atoms with Gasteiger partial charge in [-0.1, -0.05) is 29.8 Å². The summed E-state index contributed by atoms with van der Waals surface area (Å²) in [5.74, 6) is 0.363. The van der Waals surface area contributed by atoms with E-state index >= 15 is 0 Å². The van der Waals surface area contributed by atoms with Crippen LogP contribution in [0.4, 0.5) is 4.39 Å². The number of benzene rings is 2. The van der Waals surface area contributed by atoms with E-state index in [2.05, 4.69) is 35.4 Å². The molecular formula is C24H22FN3. The van der Waals surface area contributed by atoms with E-state index < -0.39 is 0 Å². The molecule has 1 unspecified atom stereocenters. The first-order valence-electron chi connectivity index (χ1n) is 10.1. The average molecular weight is 371 g/mol. The summed E-state index contributed by atoms with van der Waals surface area (Å²) in [4.78, 5) is 0. The van der Waals surface area contributed by atoms with E-state index in [1.807, 2.05) is 10.9 Å². The molecule has 3 atom stereocenters. The van der Waals surface area contributed by atoms with Crippen molar-refractivity contribution in [3.8, 4) is 5.69 Å². The summed E-state index contributed by atoms with van der Waals surface area (Å²) in [7, 11) is 0. The van der Waals surface area contributed by atoms with Gasteiger partial charge in [0.25, 0.3) is 0 Å². The first kappa shape index (κ1) is 16.3. The molecule has 0 bridgehead atoms. The van der Waals surface area contributed by atoms with E-state index in [1.54, 1.807) is 12.1 Å². The fourth-order valence-electron chi connectivity index (χ4n) is 5.92. The minimum Gasteiger partial charge on any atom is -0.324 e. The minimum absolute atomic E-state index is 0.0656. The lowest BCUT2D eigenvalue weighted by atomic mass is 9.58. The zero-order valence-corrected chi connectivity index (χ0v) is 15.6. The molecule has 0 saturated heterocycles. The van der Waals surface area contributed by atoms with Gasteiger partial charge in [-0.3, -0.25) is 0 Å². The second-order valence-corrected chi connectivity index (χ2v) is 8.43. The van der Waals surface area contributed by atoms with Crippen LogP contribution in [0, 0.1) is 11.7 Å². The Hall–Kier alpha value is -2.72. The molecule has 3 aliphatic carbocycles. The standard InChI is InChI=1S/C24H22FN3/c25-18-7-9-19(10-8-18)28-23-12-17-6-5-16-11-22(26)20-3-1-2-4-21(20)24(16,17)13-15(23)14-27-28/h1-4,7-10,12,14,16,22H,5-6,11,13,26H2/t16-,22?,24+/m1/s1. The molecule has 1 saturated carbocycles. The maximum absolute atomic E-state index is 13.3. The SMILES string of the molecule is NC1C[C@H]2CCC3=Cc4c(cnn4-c4ccc(F)cc4)C[C@@]32c2ccccc21. The Balaban J connectivity index is 1.52. The van der Waals surface area contributed by atoms with Crippen molar-refractivity contribution in [1.29, 1.82) is 0 Å². The van der Waals surface area contributed by atoms with Crippen LogP contribution < -0.4 is 5.73 Å². The summed E-state index contributed by atoms with van der Waals surface area (Å²) in [6.07, 6.45) is 8.68. The number of hydrogen-bond donors (Lipinski definition) is 1. The molecule has 0 amide bonds. The molecule has 3 nitrogen and oxygen atoms in total. The molecule has 28 heavy (non-hydrogen) atoms. The van der Waals surface area contributed by atoms with E-state index in [4.69, 9.17) is 5.73 Å². The van der Waals surface area contributed by atoms with E-state index in [-0.39, 0.29) is 17.3 Å². The van der Waals surface area contributed by atoms with Gasteiger partial charge < -0.3 is 5.73 Å². The van der Waals surface area contributed by atoms with Crippen LogP contribution >= 0.6 is 0 Å². The van der Waals surface area contributed by atoms with Gasteiger partial charge >= 0.3 is 0 Å². The fraction of sp³-hybridized carbons (Fsp3) is 0.292. The van der Waals surface area contributed by atoms with Gasteiger partial charge in [-0.15, -0.1) is 0 Å². The zero-order valence-electron chi connectivity index (χ0n) is 15.6. The molecule has 3 aliphatic rings. The summed E-state index contributed by atoms with van der Waals surface area (Å²) in [6.45, 7) is 0. The highest BCUT2D eigenvalue weighted by Gasteiger charge is 2.53. The van der Waals surface area contributed by atoms with Crippen molar-refractivity contribution in [2.24, 2.45) is 11.7 Å². The highest BCUT2D eigenvalue weighted by Crippen LogP contribution is 2.60. The lowest BCUT2D eigenvalue weighted by molar-refractivity contribution is 0.281. The van der Waals surface area contributed by atoms with Crippen molar-refractivity contribution in [2.75, 3.05) is 0 Å². The van der Waals surface area contributed by atoms with E-state index in [1.165, 1.54) is 40.8 Å². The van der Waals surface area contributed by atoms with Crippen LogP contribution in [-0.2, 0) is 11.8 Å². The Morgan fingerprint density at radius 2 is 1.93 bits per heavy atom. The van der Waals surface area contributed by atoms with Crippen molar-refractivity contribution in [3.05, 3.63) is 88.5 Å². The van der Waals surface area contributed by atoms with Crippen molar-refractivity contribution in [1.82, 2.24) is 9.78 Å². The predicted molar refractivity (Wildman–Crippen MR) is 108 cm³/mol. The molecule has 4 heteroatoms. The van der Waals surface area contributed by atoms with E-state index in [9.17, 15) is 4.39 Å². The minimum atomic E-state index is -0.226. The average Bonchev–Trinajstić information content (AvgIpc) is 3.29. The van der Waals surface area contributed by atoms with Crippen LogP contribution in [0.3, 0.4) is 0 Å². The summed E-state index contributed by atoms with van der Waals surface area (Å²) >= 11 is 0. The Bertz CT molecular complexity index is 1110. The molecule has 2 N–H and O–H groups in total. The molecule has 1 fully saturated rings. The lowest BCUT2D eigenvalue weighted by Crippen LogP contribution is -2.43. The molecule has 3 aromatic rings. The molecule has 140 valence electrons. The Morgan fingerprint density at radius 1 is 1.11 bits per heavy atom. The van der Waals surface area contributed by atoms with Crippen LogP contribution in [0.1, 0.15) is 47.7 Å². The molecular weight excluding hydrogens is 349 g/mol. The van der Waals surface area contributed by atoms with Crippen LogP contribution in [0.25, 0.3) is 11.8 Å². The Labute approximate surface area is 163 Å². The number of rotatable bonds is 1. The largest absolute Gasteiger partial charge is 0.324 e. The van der Waals surface area contributed by atoms with Gasteiger partial charge in [0.2, 0.25) is 0 Å². The van der Waals surface area contributed by atoms with Crippen molar-refractivity contribution < 1.29 is 4.39 Å². The maximum Gasteiger partial charge on any atom is 0.123 e. The lowest BCUT2D eigenvalue weighted by Gasteiger charge is -2.46. The van der Waals surface area contributed by atoms with Crippen LogP contribution in [0.15, 0.2) is 60.3 Å². The van der Waals surface area contributed by atoms with Gasteiger partial charge in [0.05, 0.1) is 17.6 Å². The second kappa shape index (κ2) is 5.65. The monoisotopic (exact) mass is 371 g/mol. The number of aromatic nitrogens is 2. The van der Waals surface area contributed by atoms with E-state index in [0.717, 1.165) is 30.6 Å². The smallest absolute Gasteiger partial charge is 0.123 e. The highest BCUT2D eigenvalue weighted by atomic mass is 19.1. The third-order valence-electron chi connectivity index (χ3n) is 7.15. The number of hydrogen-bond acceptors (Lipinski definition) is 2. The third kappa shape index (κ3) is 2.04. The highest BCUT2D eigenvalue weighted by molar-refractivity contribution is 5.67. The van der Waals surface area contributed by atoms with Crippen LogP contribution in [0.5, 0.6) is 0 Å². The summed E-state index contributed by atoms with van der Waals surface area (Å²) in [5, 5.41) is 4.66. The van der Waals surface area contributed by atoms with Gasteiger partial charge in [-0.25, -0.2) is 9.07 Å². The van der Waals surface area contributed by atoms with Crippen molar-refractivity contribution in [3.63, 3.8) is 0 Å². The topological polar surface area (TPSA) is 43.8 Å². The first-order valence-corrected chi connectivity index (χ1v) is 10.1. The summed E-state index contributed by atoms with van der Waals surface area (Å²) < 4.78 is 15.3. The number of nitrogens with zero attached hydrogens (tertiary/aromatic N) is 2. The van der Waals surface area contributed by atoms with Crippen molar-refractivity contribution >= 4 is 6.08 Å². The predicted octanol–water partition coefficient (Wildman–Crippen LogP) is 4.70. The normalized spacial score (nSPS) is 27.4. The quantitative estimate of drug-likeness (QED) is 0.674. The molecule has 6 rings (SSSR count). The van der Waals surface area contributed by atoms with Crippen LogP contribution in [-0.4, -0.2) is 9.78 Å². The zero-order chi connectivity index (χ0) is 18.9. The first-order chi connectivity index (χ1) is 13.7. The number of nitrogens with two attached hydrogens (primary N) is 1. The molecule has 0 radical (unpaired) electrons. The van der Waals surface area contributed by atoms with Gasteiger partial charge in [0.15, 0.2) is 0 Å². The summed E-state index contributed by atoms with van der Waals surface area (Å²) in [5.41, 5.74) is 14.1. The fourth-order valence-corrected chi connectivity index (χ4v) is 5.92. The second-order valence-electron chi connectivity index (χ2n) is 8.43. The molecule has 2 aromatic carbocycles. The summed E-state index contributed by atoms with van der Waals surface area (Å²) in [6, 6.07) is 15.4. The Kier molecular flexibility index (Phi) is 3.28. The number of fused-ring (bicyclic) bond motifs is 2. The molecule has 1 aromatic heterocycles. The Morgan fingerprint density at radius 3 is 2.79 bits per heavy atom. The molecule has 0 aliphatic heterocycles. The maximum atomic E-state index is 13.3. The molecule has 1 heterocycles. The van der Waals surface area contributed by atoms with E-state index in [0.29, 0.717) is 5.92 Å². The van der Waals surface area contributed by atoms with Gasteiger partial charge in [-0.2, -0.15) is 5.10 Å².